The highest BCUT2D eigenvalue weighted by atomic mass is 32.2. The van der Waals surface area contributed by atoms with E-state index in [1.807, 2.05) is 11.8 Å². The highest BCUT2D eigenvalue weighted by Gasteiger charge is 2.43. The van der Waals surface area contributed by atoms with Crippen molar-refractivity contribution in [2.24, 2.45) is 0 Å². The van der Waals surface area contributed by atoms with E-state index < -0.39 is 41.7 Å². The SMILES string of the molecule is CC(O[Si](C)(C)C(C)(C)C)C(C(=O)O)N1CCN(S(=O)(=O)C(C)C)CC1. The van der Waals surface area contributed by atoms with Gasteiger partial charge in [-0.25, -0.2) is 8.42 Å². The van der Waals surface area contributed by atoms with Crippen molar-refractivity contribution >= 4 is 24.3 Å². The quantitative estimate of drug-likeness (QED) is 0.650. The molecule has 0 aliphatic carbocycles. The molecule has 26 heavy (non-hydrogen) atoms. The predicted octanol–water partition coefficient (Wildman–Crippen LogP) is 2.21. The third-order valence-electron chi connectivity index (χ3n) is 5.61. The van der Waals surface area contributed by atoms with Crippen LogP contribution in [0, 0.1) is 0 Å². The molecule has 1 fully saturated rings. The van der Waals surface area contributed by atoms with Gasteiger partial charge in [0.05, 0.1) is 11.4 Å². The van der Waals surface area contributed by atoms with E-state index in [1.165, 1.54) is 4.31 Å². The van der Waals surface area contributed by atoms with Crippen LogP contribution in [0.1, 0.15) is 41.5 Å². The Labute approximate surface area is 159 Å². The van der Waals surface area contributed by atoms with E-state index in [4.69, 9.17) is 4.43 Å². The molecule has 2 unspecified atom stereocenters. The largest absolute Gasteiger partial charge is 0.480 e. The Kier molecular flexibility index (Phi) is 7.48. The first-order chi connectivity index (χ1) is 11.6. The van der Waals surface area contributed by atoms with Crippen molar-refractivity contribution in [3.05, 3.63) is 0 Å². The second kappa shape index (κ2) is 8.26. The van der Waals surface area contributed by atoms with Crippen LogP contribution in [-0.4, -0.2) is 80.6 Å². The van der Waals surface area contributed by atoms with Gasteiger partial charge in [-0.2, -0.15) is 4.31 Å². The minimum absolute atomic E-state index is 0.00560. The summed E-state index contributed by atoms with van der Waals surface area (Å²) in [5.41, 5.74) is 0. The zero-order valence-corrected chi connectivity index (χ0v) is 19.3. The Morgan fingerprint density at radius 3 is 1.88 bits per heavy atom. The lowest BCUT2D eigenvalue weighted by Crippen LogP contribution is -2.59. The maximum absolute atomic E-state index is 12.3. The predicted molar refractivity (Wildman–Crippen MR) is 106 cm³/mol. The Morgan fingerprint density at radius 2 is 1.54 bits per heavy atom. The van der Waals surface area contributed by atoms with Crippen LogP contribution in [0.2, 0.25) is 18.1 Å². The summed E-state index contributed by atoms with van der Waals surface area (Å²) in [6.07, 6.45) is -0.457. The van der Waals surface area contributed by atoms with Crippen LogP contribution < -0.4 is 0 Å². The Balaban J connectivity index is 2.86. The second-order valence-electron chi connectivity index (χ2n) is 8.90. The molecule has 0 amide bonds. The number of hydrogen-bond acceptors (Lipinski definition) is 5. The molecule has 0 aromatic carbocycles. The first kappa shape index (κ1) is 23.6. The minimum Gasteiger partial charge on any atom is -0.480 e. The van der Waals surface area contributed by atoms with Gasteiger partial charge in [0.15, 0.2) is 8.32 Å². The third kappa shape index (κ3) is 5.28. The van der Waals surface area contributed by atoms with Crippen LogP contribution >= 0.6 is 0 Å². The Hall–Kier alpha value is -0.483. The zero-order valence-electron chi connectivity index (χ0n) is 17.4. The fourth-order valence-corrected chi connectivity index (χ4v) is 5.57. The van der Waals surface area contributed by atoms with Crippen molar-refractivity contribution in [3.8, 4) is 0 Å². The monoisotopic (exact) mass is 408 g/mol. The van der Waals surface area contributed by atoms with Gasteiger partial charge in [-0.3, -0.25) is 9.69 Å². The van der Waals surface area contributed by atoms with E-state index in [1.54, 1.807) is 13.8 Å². The van der Waals surface area contributed by atoms with E-state index in [-0.39, 0.29) is 5.04 Å². The number of piperazine rings is 1. The van der Waals surface area contributed by atoms with E-state index in [0.717, 1.165) is 0 Å². The van der Waals surface area contributed by atoms with Gasteiger partial charge in [-0.05, 0) is 38.9 Å². The van der Waals surface area contributed by atoms with Crippen LogP contribution in [-0.2, 0) is 19.2 Å². The maximum atomic E-state index is 12.3. The molecule has 0 saturated carbocycles. The fourth-order valence-electron chi connectivity index (χ4n) is 2.89. The fraction of sp³-hybridized carbons (Fsp3) is 0.941. The first-order valence-corrected chi connectivity index (χ1v) is 13.7. The Bertz CT molecular complexity index is 593. The van der Waals surface area contributed by atoms with E-state index in [0.29, 0.717) is 26.2 Å². The number of nitrogens with zero attached hydrogens (tertiary/aromatic N) is 2. The van der Waals surface area contributed by atoms with Crippen molar-refractivity contribution in [1.82, 2.24) is 9.21 Å². The van der Waals surface area contributed by atoms with Crippen LogP contribution in [0.15, 0.2) is 0 Å². The number of aliphatic carboxylic acids is 1. The van der Waals surface area contributed by atoms with Gasteiger partial charge in [-0.15, -0.1) is 0 Å². The summed E-state index contributed by atoms with van der Waals surface area (Å²) in [5, 5.41) is 9.30. The number of rotatable bonds is 7. The minimum atomic E-state index is -3.30. The summed E-state index contributed by atoms with van der Waals surface area (Å²) >= 11 is 0. The van der Waals surface area contributed by atoms with Gasteiger partial charge in [0, 0.05) is 26.2 Å². The van der Waals surface area contributed by atoms with Crippen molar-refractivity contribution in [3.63, 3.8) is 0 Å². The first-order valence-electron chi connectivity index (χ1n) is 9.25. The van der Waals surface area contributed by atoms with Gasteiger partial charge < -0.3 is 9.53 Å². The molecular weight excluding hydrogens is 372 g/mol. The van der Waals surface area contributed by atoms with Gasteiger partial charge >= 0.3 is 5.97 Å². The lowest BCUT2D eigenvalue weighted by atomic mass is 10.1. The van der Waals surface area contributed by atoms with E-state index in [9.17, 15) is 18.3 Å². The summed E-state index contributed by atoms with van der Waals surface area (Å²) < 4.78 is 32.4. The average Bonchev–Trinajstić information content (AvgIpc) is 2.45. The van der Waals surface area contributed by atoms with Crippen LogP contribution in [0.5, 0.6) is 0 Å². The average molecular weight is 409 g/mol. The summed E-state index contributed by atoms with van der Waals surface area (Å²) in [7, 11) is -5.40. The molecule has 9 heteroatoms. The molecule has 1 aliphatic rings. The summed E-state index contributed by atoms with van der Waals surface area (Å²) in [4.78, 5) is 13.8. The van der Waals surface area contributed by atoms with Gasteiger partial charge in [0.1, 0.15) is 6.04 Å². The summed E-state index contributed by atoms with van der Waals surface area (Å²) in [6.45, 7) is 17.2. The molecule has 1 aliphatic heterocycles. The van der Waals surface area contributed by atoms with Crippen molar-refractivity contribution in [2.75, 3.05) is 26.2 Å². The highest BCUT2D eigenvalue weighted by molar-refractivity contribution is 7.89. The van der Waals surface area contributed by atoms with Gasteiger partial charge in [0.25, 0.3) is 0 Å². The smallest absolute Gasteiger partial charge is 0.323 e. The molecule has 7 nitrogen and oxygen atoms in total. The molecule has 0 bridgehead atoms. The lowest BCUT2D eigenvalue weighted by Gasteiger charge is -2.43. The third-order valence-corrected chi connectivity index (χ3v) is 12.5. The molecule has 1 N–H and O–H groups in total. The molecule has 2 atom stereocenters. The van der Waals surface area contributed by atoms with Crippen LogP contribution in [0.4, 0.5) is 0 Å². The van der Waals surface area contributed by atoms with Crippen LogP contribution in [0.25, 0.3) is 0 Å². The van der Waals surface area contributed by atoms with Crippen molar-refractivity contribution in [2.45, 2.75) is 77.1 Å². The number of carboxylic acids is 1. The highest BCUT2D eigenvalue weighted by Crippen LogP contribution is 2.38. The summed E-state index contributed by atoms with van der Waals surface area (Å²) in [5.74, 6) is -0.920. The number of carbonyl (C=O) groups is 1. The molecular formula is C17H36N2O5SSi. The normalized spacial score (nSPS) is 21.0. The van der Waals surface area contributed by atoms with Gasteiger partial charge in [0.2, 0.25) is 10.0 Å². The maximum Gasteiger partial charge on any atom is 0.323 e. The molecule has 0 radical (unpaired) electrons. The second-order valence-corrected chi connectivity index (χ2v) is 16.1. The van der Waals surface area contributed by atoms with Crippen molar-refractivity contribution < 1.29 is 22.7 Å². The number of sulfonamides is 1. The standard InChI is InChI=1S/C17H36N2O5SSi/c1-13(2)25(22,23)19-11-9-18(10-12-19)15(16(20)21)14(3)24-26(7,8)17(4,5)6/h13-15H,9-12H2,1-8H3,(H,20,21). The molecule has 0 aromatic heterocycles. The molecule has 154 valence electrons. The Morgan fingerprint density at radius 1 is 1.08 bits per heavy atom. The van der Waals surface area contributed by atoms with Crippen LogP contribution in [0.3, 0.4) is 0 Å². The molecule has 1 saturated heterocycles. The topological polar surface area (TPSA) is 87.2 Å². The van der Waals surface area contributed by atoms with Gasteiger partial charge in [-0.1, -0.05) is 20.8 Å². The summed E-state index contributed by atoms with van der Waals surface area (Å²) in [6, 6.07) is -0.770. The lowest BCUT2D eigenvalue weighted by molar-refractivity contribution is -0.147. The molecule has 0 spiro atoms. The molecule has 1 heterocycles. The number of carboxylic acid groups (broad SMARTS) is 1. The zero-order chi connectivity index (χ0) is 20.5. The number of hydrogen-bond donors (Lipinski definition) is 1. The van der Waals surface area contributed by atoms with E-state index in [2.05, 4.69) is 33.9 Å². The molecule has 0 aromatic rings. The molecule has 1 rings (SSSR count). The van der Waals surface area contributed by atoms with Crippen molar-refractivity contribution in [1.29, 1.82) is 0 Å². The van der Waals surface area contributed by atoms with E-state index >= 15 is 0 Å².